The van der Waals surface area contributed by atoms with Crippen LogP contribution in [0.1, 0.15) is 63.9 Å². The van der Waals surface area contributed by atoms with Crippen molar-refractivity contribution in [3.8, 4) is 11.1 Å². The molecule has 4 heterocycles. The second-order valence-electron chi connectivity index (χ2n) is 12.8. The molecule has 284 valence electrons. The van der Waals surface area contributed by atoms with E-state index in [1.165, 1.54) is 6.07 Å². The number of halogens is 9. The van der Waals surface area contributed by atoms with E-state index >= 15 is 8.78 Å². The first-order valence-corrected chi connectivity index (χ1v) is 17.0. The number of hydrogen-bond donors (Lipinski definition) is 3. The van der Waals surface area contributed by atoms with Crippen LogP contribution in [0.3, 0.4) is 0 Å². The fourth-order valence-corrected chi connectivity index (χ4v) is 7.33. The van der Waals surface area contributed by atoms with E-state index < -0.39 is 102 Å². The zero-order valence-corrected chi connectivity index (χ0v) is 28.2. The Kier molecular flexibility index (Phi) is 9.53. The van der Waals surface area contributed by atoms with E-state index in [0.29, 0.717) is 29.1 Å². The summed E-state index contributed by atoms with van der Waals surface area (Å²) >= 11 is 1.16. The number of nitrogens with two attached hydrogens (primary N) is 1. The third-order valence-corrected chi connectivity index (χ3v) is 9.82. The zero-order chi connectivity index (χ0) is 38.7. The number of nitrogens with zero attached hydrogens (tertiary/aromatic N) is 4. The minimum Gasteiger partial charge on any atom is -0.377 e. The molecule has 1 fully saturated rings. The van der Waals surface area contributed by atoms with Crippen LogP contribution < -0.4 is 16.4 Å². The van der Waals surface area contributed by atoms with E-state index in [1.54, 1.807) is 6.07 Å². The molecule has 1 aliphatic heterocycles. The molecule has 0 spiro atoms. The molecule has 0 radical (unpaired) electrons. The number of rotatable bonds is 11. The Hall–Kier alpha value is -5.24. The van der Waals surface area contributed by atoms with Crippen molar-refractivity contribution in [2.75, 3.05) is 18.5 Å². The standard InChI is InChI=1S/C34H26F9N7O3S/c35-16-5-14(6-17(36)9-16)7-22(46-24(51)11-50-28-25(27(49-50)29(38)39)33(40,41)3-4-34(28,42)43)26-19(15-1-2-21(37)20(8-15)30(44)52)10-23-31(47-26)48-32(54-23)45-18-12-53-13-18/h1-2,5-6,8-10,18,22,29H,3-4,7,11-13H2,(H2,44,52)(H,46,51)(H,45,47,48)/t22-/m0/s1. The molecule has 0 saturated carbocycles. The number of nitrogens with one attached hydrogen (secondary N) is 2. The molecule has 5 aromatic rings. The SMILES string of the molecule is NC(=O)c1cc(-c2cc3sc(NC4COC4)nc3nc2[C@H](Cc2cc(F)cc(F)c2)NC(=O)Cn2nc(C(F)F)c3c2C(F)(F)CCC3(F)F)ccc1F. The van der Waals surface area contributed by atoms with Gasteiger partial charge in [-0.15, -0.1) is 0 Å². The number of aromatic nitrogens is 4. The lowest BCUT2D eigenvalue weighted by Crippen LogP contribution is -2.40. The third kappa shape index (κ3) is 7.18. The number of carbonyl (C=O) groups is 2. The highest BCUT2D eigenvalue weighted by atomic mass is 32.1. The molecule has 2 aromatic carbocycles. The van der Waals surface area contributed by atoms with Gasteiger partial charge < -0.3 is 21.1 Å². The van der Waals surface area contributed by atoms with Gasteiger partial charge in [0.2, 0.25) is 5.91 Å². The molecule has 20 heteroatoms. The van der Waals surface area contributed by atoms with Gasteiger partial charge in [0.05, 0.1) is 46.8 Å². The molecule has 54 heavy (non-hydrogen) atoms. The monoisotopic (exact) mass is 783 g/mol. The summed E-state index contributed by atoms with van der Waals surface area (Å²) in [5, 5.41) is 9.39. The number of amides is 2. The second kappa shape index (κ2) is 13.9. The van der Waals surface area contributed by atoms with E-state index in [2.05, 4.69) is 25.7 Å². The quantitative estimate of drug-likeness (QED) is 0.124. The molecule has 7 rings (SSSR count). The van der Waals surface area contributed by atoms with Gasteiger partial charge in [-0.1, -0.05) is 17.4 Å². The van der Waals surface area contributed by atoms with Crippen molar-refractivity contribution in [3.63, 3.8) is 0 Å². The van der Waals surface area contributed by atoms with E-state index in [-0.39, 0.29) is 38.8 Å². The average Bonchev–Trinajstić information content (AvgIpc) is 3.66. The number of carbonyl (C=O) groups excluding carboxylic acids is 2. The van der Waals surface area contributed by atoms with Crippen molar-refractivity contribution >= 4 is 38.6 Å². The van der Waals surface area contributed by atoms with Crippen LogP contribution in [0.2, 0.25) is 0 Å². The zero-order valence-electron chi connectivity index (χ0n) is 27.4. The van der Waals surface area contributed by atoms with E-state index in [0.717, 1.165) is 35.6 Å². The van der Waals surface area contributed by atoms with E-state index in [1.807, 2.05) is 0 Å². The van der Waals surface area contributed by atoms with Crippen LogP contribution in [0.25, 0.3) is 21.5 Å². The van der Waals surface area contributed by atoms with Gasteiger partial charge in [-0.05, 0) is 47.9 Å². The second-order valence-corrected chi connectivity index (χ2v) is 13.8. The lowest BCUT2D eigenvalue weighted by molar-refractivity contribution is -0.123. The first kappa shape index (κ1) is 37.1. The Morgan fingerprint density at radius 2 is 1.67 bits per heavy atom. The molecule has 3 aromatic heterocycles. The highest BCUT2D eigenvalue weighted by Crippen LogP contribution is 2.52. The summed E-state index contributed by atoms with van der Waals surface area (Å²) in [6, 6.07) is 5.85. The molecular formula is C34H26F9N7O3S. The van der Waals surface area contributed by atoms with Gasteiger partial charge in [0.15, 0.2) is 10.8 Å². The molecular weight excluding hydrogens is 757 g/mol. The number of thiazole rings is 1. The molecule has 1 atom stereocenters. The Morgan fingerprint density at radius 3 is 2.31 bits per heavy atom. The summed E-state index contributed by atoms with van der Waals surface area (Å²) in [5.74, 6) is -13.4. The average molecular weight is 784 g/mol. The fourth-order valence-electron chi connectivity index (χ4n) is 6.41. The lowest BCUT2D eigenvalue weighted by Gasteiger charge is -2.29. The molecule has 2 amide bonds. The molecule has 1 aliphatic carbocycles. The van der Waals surface area contributed by atoms with Crippen LogP contribution in [0.15, 0.2) is 42.5 Å². The Labute approximate surface area is 302 Å². The van der Waals surface area contributed by atoms with Gasteiger partial charge in [-0.3, -0.25) is 14.3 Å². The van der Waals surface area contributed by atoms with E-state index in [4.69, 9.17) is 10.5 Å². The lowest BCUT2D eigenvalue weighted by atomic mass is 9.89. The number of anilines is 1. The van der Waals surface area contributed by atoms with Gasteiger partial charge in [0.25, 0.3) is 24.2 Å². The summed E-state index contributed by atoms with van der Waals surface area (Å²) in [5.41, 5.74) is 0.312. The Bertz CT molecular complexity index is 2270. The minimum absolute atomic E-state index is 0.0455. The summed E-state index contributed by atoms with van der Waals surface area (Å²) in [7, 11) is 0. The van der Waals surface area contributed by atoms with Crippen LogP contribution in [-0.4, -0.2) is 50.8 Å². The summed E-state index contributed by atoms with van der Waals surface area (Å²) in [4.78, 5) is 34.9. The van der Waals surface area contributed by atoms with Gasteiger partial charge in [0.1, 0.15) is 35.4 Å². The van der Waals surface area contributed by atoms with Crippen molar-refractivity contribution < 1.29 is 53.8 Å². The Balaban J connectivity index is 1.35. The maximum atomic E-state index is 15.1. The van der Waals surface area contributed by atoms with Gasteiger partial charge in [-0.2, -0.15) is 13.9 Å². The fraction of sp³-hybridized carbons (Fsp3) is 0.324. The smallest absolute Gasteiger partial charge is 0.290 e. The molecule has 4 N–H and O–H groups in total. The number of ether oxygens (including phenoxy) is 1. The molecule has 1 saturated heterocycles. The predicted octanol–water partition coefficient (Wildman–Crippen LogP) is 6.90. The van der Waals surface area contributed by atoms with Crippen molar-refractivity contribution in [1.82, 2.24) is 25.1 Å². The van der Waals surface area contributed by atoms with E-state index in [9.17, 15) is 40.3 Å². The summed E-state index contributed by atoms with van der Waals surface area (Å²) in [6.07, 6.45) is -6.98. The van der Waals surface area contributed by atoms with Crippen molar-refractivity contribution in [1.29, 1.82) is 0 Å². The number of alkyl halides is 6. The maximum Gasteiger partial charge on any atom is 0.290 e. The predicted molar refractivity (Wildman–Crippen MR) is 175 cm³/mol. The van der Waals surface area contributed by atoms with Crippen LogP contribution in [0, 0.1) is 17.5 Å². The first-order chi connectivity index (χ1) is 25.5. The first-order valence-electron chi connectivity index (χ1n) is 16.1. The van der Waals surface area contributed by atoms with Crippen molar-refractivity contribution in [2.45, 2.75) is 56.2 Å². The Morgan fingerprint density at radius 1 is 0.963 bits per heavy atom. The molecule has 0 unspecified atom stereocenters. The van der Waals surface area contributed by atoms with Crippen LogP contribution in [0.5, 0.6) is 0 Å². The molecule has 0 bridgehead atoms. The van der Waals surface area contributed by atoms with Gasteiger partial charge >= 0.3 is 0 Å². The maximum absolute atomic E-state index is 15.1. The summed E-state index contributed by atoms with van der Waals surface area (Å²) in [6.45, 7) is -0.445. The minimum atomic E-state index is -4.10. The summed E-state index contributed by atoms with van der Waals surface area (Å²) < 4.78 is 137. The van der Waals surface area contributed by atoms with Crippen LogP contribution in [0.4, 0.5) is 44.6 Å². The number of primary amides is 1. The largest absolute Gasteiger partial charge is 0.377 e. The third-order valence-electron chi connectivity index (χ3n) is 8.89. The van der Waals surface area contributed by atoms with Gasteiger partial charge in [-0.25, -0.2) is 40.7 Å². The highest BCUT2D eigenvalue weighted by Gasteiger charge is 2.55. The number of pyridine rings is 1. The number of benzene rings is 2. The highest BCUT2D eigenvalue weighted by molar-refractivity contribution is 7.22. The number of fused-ring (bicyclic) bond motifs is 2. The molecule has 2 aliphatic rings. The van der Waals surface area contributed by atoms with Crippen LogP contribution in [-0.2, 0) is 34.3 Å². The van der Waals surface area contributed by atoms with Gasteiger partial charge in [0, 0.05) is 24.5 Å². The van der Waals surface area contributed by atoms with Crippen molar-refractivity contribution in [3.05, 3.63) is 93.7 Å². The topological polar surface area (TPSA) is 137 Å². The van der Waals surface area contributed by atoms with Crippen LogP contribution >= 0.6 is 11.3 Å². The number of hydrogen-bond acceptors (Lipinski definition) is 8. The normalized spacial score (nSPS) is 16.9. The molecule has 10 nitrogen and oxygen atoms in total. The van der Waals surface area contributed by atoms with Crippen molar-refractivity contribution in [2.24, 2.45) is 5.73 Å².